The molecule has 0 N–H and O–H groups in total. The van der Waals surface area contributed by atoms with Crippen molar-refractivity contribution in [1.82, 2.24) is 0 Å². The van der Waals surface area contributed by atoms with Crippen molar-refractivity contribution in [2.45, 2.75) is 39.5 Å². The summed E-state index contributed by atoms with van der Waals surface area (Å²) in [6, 6.07) is 0. The molecular formula is C10H16. The van der Waals surface area contributed by atoms with Crippen LogP contribution in [0.15, 0.2) is 23.3 Å². The van der Waals surface area contributed by atoms with Crippen LogP contribution < -0.4 is 0 Å². The second-order valence-corrected chi connectivity index (χ2v) is 3.18. The molecule has 0 heteroatoms. The normalized spacial score (nSPS) is 31.0. The van der Waals surface area contributed by atoms with Gasteiger partial charge in [-0.2, -0.15) is 0 Å². The Labute approximate surface area is 63.6 Å². The highest BCUT2D eigenvalue weighted by molar-refractivity contribution is 5.08. The fraction of sp³-hybridized carbons (Fsp3) is 0.600. The number of rotatable bonds is 0. The third-order valence-electron chi connectivity index (χ3n) is 2.07. The molecule has 0 aromatic rings. The molecule has 0 aromatic carbocycles. The van der Waals surface area contributed by atoms with Crippen molar-refractivity contribution in [3.8, 4) is 0 Å². The Bertz CT molecular complexity index is 141. The molecule has 0 radical (unpaired) electrons. The Morgan fingerprint density at radius 1 is 0.900 bits per heavy atom. The van der Waals surface area contributed by atoms with E-state index in [0.717, 1.165) is 0 Å². The topological polar surface area (TPSA) is 0 Å². The summed E-state index contributed by atoms with van der Waals surface area (Å²) in [4.78, 5) is 0. The minimum atomic E-state index is 1.24. The maximum Gasteiger partial charge on any atom is -0.0286 e. The smallest absolute Gasteiger partial charge is 0.0286 e. The zero-order valence-electron chi connectivity index (χ0n) is 6.98. The quantitative estimate of drug-likeness (QED) is 0.447. The summed E-state index contributed by atoms with van der Waals surface area (Å²) in [5.74, 6) is 0. The SMILES string of the molecule is C/C1=C/CC/C=C(/C)CC1. The number of allylic oxidation sites excluding steroid dienone is 4. The second kappa shape index (κ2) is 3.60. The van der Waals surface area contributed by atoms with Crippen LogP contribution in [0.5, 0.6) is 0 Å². The van der Waals surface area contributed by atoms with Gasteiger partial charge in [-0.25, -0.2) is 0 Å². The summed E-state index contributed by atoms with van der Waals surface area (Å²) < 4.78 is 0. The zero-order valence-corrected chi connectivity index (χ0v) is 6.98. The molecule has 1 rings (SSSR count). The molecule has 10 heavy (non-hydrogen) atoms. The summed E-state index contributed by atoms with van der Waals surface area (Å²) in [6.45, 7) is 4.47. The highest BCUT2D eigenvalue weighted by Crippen LogP contribution is 2.16. The van der Waals surface area contributed by atoms with Gasteiger partial charge in [0.1, 0.15) is 0 Å². The fourth-order valence-corrected chi connectivity index (χ4v) is 1.26. The van der Waals surface area contributed by atoms with Gasteiger partial charge in [-0.15, -0.1) is 0 Å². The van der Waals surface area contributed by atoms with E-state index in [-0.39, 0.29) is 0 Å². The molecule has 0 aliphatic heterocycles. The van der Waals surface area contributed by atoms with Crippen molar-refractivity contribution in [3.05, 3.63) is 23.3 Å². The molecule has 0 saturated carbocycles. The Kier molecular flexibility index (Phi) is 2.73. The van der Waals surface area contributed by atoms with Gasteiger partial charge in [-0.3, -0.25) is 0 Å². The minimum absolute atomic E-state index is 1.24. The van der Waals surface area contributed by atoms with Gasteiger partial charge in [0.2, 0.25) is 0 Å². The highest BCUT2D eigenvalue weighted by Gasteiger charge is 1.95. The summed E-state index contributed by atoms with van der Waals surface area (Å²) in [7, 11) is 0. The van der Waals surface area contributed by atoms with Crippen LogP contribution in [0.25, 0.3) is 0 Å². The Hall–Kier alpha value is -0.520. The van der Waals surface area contributed by atoms with Crippen LogP contribution in [0.2, 0.25) is 0 Å². The molecule has 0 nitrogen and oxygen atoms in total. The largest absolute Gasteiger partial charge is 0.0853 e. The molecule has 1 aliphatic rings. The lowest BCUT2D eigenvalue weighted by Gasteiger charge is -2.05. The minimum Gasteiger partial charge on any atom is -0.0853 e. The lowest BCUT2D eigenvalue weighted by Crippen LogP contribution is -1.85. The van der Waals surface area contributed by atoms with Crippen LogP contribution in [0.3, 0.4) is 0 Å². The van der Waals surface area contributed by atoms with Crippen molar-refractivity contribution in [1.29, 1.82) is 0 Å². The molecule has 0 heterocycles. The van der Waals surface area contributed by atoms with E-state index < -0.39 is 0 Å². The first-order valence-corrected chi connectivity index (χ1v) is 4.10. The zero-order chi connectivity index (χ0) is 7.40. The molecule has 0 bridgehead atoms. The van der Waals surface area contributed by atoms with E-state index in [1.807, 2.05) is 0 Å². The van der Waals surface area contributed by atoms with Gasteiger partial charge in [0.05, 0.1) is 0 Å². The van der Waals surface area contributed by atoms with Crippen LogP contribution >= 0.6 is 0 Å². The second-order valence-electron chi connectivity index (χ2n) is 3.18. The molecule has 0 saturated heterocycles. The predicted molar refractivity (Wildman–Crippen MR) is 46.0 cm³/mol. The van der Waals surface area contributed by atoms with Gasteiger partial charge in [0.15, 0.2) is 0 Å². The molecule has 0 atom stereocenters. The van der Waals surface area contributed by atoms with Gasteiger partial charge in [0.25, 0.3) is 0 Å². The van der Waals surface area contributed by atoms with Gasteiger partial charge in [0, 0.05) is 0 Å². The van der Waals surface area contributed by atoms with Crippen LogP contribution in [0.4, 0.5) is 0 Å². The van der Waals surface area contributed by atoms with E-state index >= 15 is 0 Å². The van der Waals surface area contributed by atoms with Crippen LogP contribution in [0, 0.1) is 0 Å². The van der Waals surface area contributed by atoms with Crippen molar-refractivity contribution in [2.75, 3.05) is 0 Å². The summed E-state index contributed by atoms with van der Waals surface area (Å²) >= 11 is 0. The maximum atomic E-state index is 2.36. The van der Waals surface area contributed by atoms with Crippen LogP contribution in [-0.2, 0) is 0 Å². The van der Waals surface area contributed by atoms with Gasteiger partial charge in [-0.05, 0) is 39.5 Å². The standard InChI is InChI=1S/C10H16/c1-9-5-3-4-6-10(2)8-7-9/h5-6H,3-4,7-8H2,1-2H3/b9-5-,10-6-. The van der Waals surface area contributed by atoms with Crippen LogP contribution in [-0.4, -0.2) is 0 Å². The summed E-state index contributed by atoms with van der Waals surface area (Å²) in [5.41, 5.74) is 3.12. The third-order valence-corrected chi connectivity index (χ3v) is 2.07. The highest BCUT2D eigenvalue weighted by atomic mass is 14.0. The first-order valence-electron chi connectivity index (χ1n) is 4.10. The van der Waals surface area contributed by atoms with E-state index in [1.54, 1.807) is 11.1 Å². The lowest BCUT2D eigenvalue weighted by atomic mass is 10.0. The molecule has 0 spiro atoms. The van der Waals surface area contributed by atoms with E-state index in [0.29, 0.717) is 0 Å². The summed E-state index contributed by atoms with van der Waals surface area (Å²) in [5, 5.41) is 0. The van der Waals surface area contributed by atoms with Crippen molar-refractivity contribution < 1.29 is 0 Å². The third kappa shape index (κ3) is 2.38. The van der Waals surface area contributed by atoms with E-state index in [9.17, 15) is 0 Å². The van der Waals surface area contributed by atoms with Gasteiger partial charge < -0.3 is 0 Å². The van der Waals surface area contributed by atoms with E-state index in [2.05, 4.69) is 26.0 Å². The predicted octanol–water partition coefficient (Wildman–Crippen LogP) is 3.45. The van der Waals surface area contributed by atoms with Crippen molar-refractivity contribution in [3.63, 3.8) is 0 Å². The van der Waals surface area contributed by atoms with Crippen LogP contribution in [0.1, 0.15) is 39.5 Å². The van der Waals surface area contributed by atoms with E-state index in [4.69, 9.17) is 0 Å². The average molecular weight is 136 g/mol. The number of hydrogen-bond acceptors (Lipinski definition) is 0. The molecule has 0 fully saturated rings. The van der Waals surface area contributed by atoms with Gasteiger partial charge >= 0.3 is 0 Å². The monoisotopic (exact) mass is 136 g/mol. The fourth-order valence-electron chi connectivity index (χ4n) is 1.26. The molecule has 0 unspecified atom stereocenters. The average Bonchev–Trinajstić information content (AvgIpc) is 1.90. The Balaban J connectivity index is 2.49. The lowest BCUT2D eigenvalue weighted by molar-refractivity contribution is 0.867. The molecule has 1 aliphatic carbocycles. The Morgan fingerprint density at radius 3 is 1.70 bits per heavy atom. The first-order chi connectivity index (χ1) is 4.79. The maximum absolute atomic E-state index is 2.36. The molecule has 0 amide bonds. The summed E-state index contributed by atoms with van der Waals surface area (Å²) in [6.07, 6.45) is 9.74. The molecular weight excluding hydrogens is 120 g/mol. The first kappa shape index (κ1) is 7.59. The molecule has 0 aromatic heterocycles. The van der Waals surface area contributed by atoms with Gasteiger partial charge in [-0.1, -0.05) is 23.3 Å². The Morgan fingerprint density at radius 2 is 1.30 bits per heavy atom. The van der Waals surface area contributed by atoms with Crippen molar-refractivity contribution in [2.24, 2.45) is 0 Å². The number of hydrogen-bond donors (Lipinski definition) is 0. The van der Waals surface area contributed by atoms with E-state index in [1.165, 1.54) is 25.7 Å². The van der Waals surface area contributed by atoms with Crippen molar-refractivity contribution >= 4 is 0 Å². The molecule has 56 valence electrons.